The quantitative estimate of drug-likeness (QED) is 0.516. The van der Waals surface area contributed by atoms with Crippen LogP contribution in [0.2, 0.25) is 0 Å². The van der Waals surface area contributed by atoms with E-state index in [1.165, 1.54) is 58.5 Å². The van der Waals surface area contributed by atoms with E-state index in [1.807, 2.05) is 0 Å². The van der Waals surface area contributed by atoms with Crippen LogP contribution in [0.1, 0.15) is 25.7 Å². The molecule has 0 aromatic carbocycles. The minimum Gasteiger partial charge on any atom is -0.290 e. The lowest BCUT2D eigenvalue weighted by Crippen LogP contribution is -2.46. The minimum absolute atomic E-state index is 1.25. The zero-order chi connectivity index (χ0) is 7.52. The molecular formula is C9H18N2. The molecule has 0 amide bonds. The summed E-state index contributed by atoms with van der Waals surface area (Å²) in [7, 11) is 0. The van der Waals surface area contributed by atoms with Crippen LogP contribution in [0.4, 0.5) is 0 Å². The molecule has 2 rings (SSSR count). The second kappa shape index (κ2) is 3.55. The number of nitrogens with zero attached hydrogens (tertiary/aromatic N) is 2. The van der Waals surface area contributed by atoms with Gasteiger partial charge in [-0.1, -0.05) is 6.42 Å². The van der Waals surface area contributed by atoms with Gasteiger partial charge in [-0.15, -0.1) is 0 Å². The predicted octanol–water partition coefficient (Wildman–Crippen LogP) is 1.14. The van der Waals surface area contributed by atoms with Crippen molar-refractivity contribution >= 4 is 0 Å². The molecule has 2 atom stereocenters. The summed E-state index contributed by atoms with van der Waals surface area (Å²) in [4.78, 5) is 5.20. The van der Waals surface area contributed by atoms with Crippen LogP contribution < -0.4 is 0 Å². The van der Waals surface area contributed by atoms with Gasteiger partial charge in [-0.05, 0) is 32.4 Å². The first-order valence-electron chi connectivity index (χ1n) is 4.90. The summed E-state index contributed by atoms with van der Waals surface area (Å²) in [6, 6.07) is 0. The van der Waals surface area contributed by atoms with Crippen molar-refractivity contribution < 1.29 is 0 Å². The van der Waals surface area contributed by atoms with Gasteiger partial charge in [0.2, 0.25) is 0 Å². The lowest BCUT2D eigenvalue weighted by Gasteiger charge is -2.37. The molecule has 0 aromatic heterocycles. The van der Waals surface area contributed by atoms with E-state index in [4.69, 9.17) is 0 Å². The second-order valence-corrected chi connectivity index (χ2v) is 3.79. The molecule has 0 radical (unpaired) electrons. The van der Waals surface area contributed by atoms with E-state index in [1.54, 1.807) is 0 Å². The lowest BCUT2D eigenvalue weighted by molar-refractivity contribution is 0.0718. The Balaban J connectivity index is 1.90. The maximum Gasteiger partial charge on any atom is 0.0506 e. The first-order valence-corrected chi connectivity index (χ1v) is 4.90. The average molecular weight is 154 g/mol. The fourth-order valence-electron chi connectivity index (χ4n) is 2.15. The number of hydrogen-bond acceptors (Lipinski definition) is 2. The summed E-state index contributed by atoms with van der Waals surface area (Å²) in [6.45, 7) is 6.62. The van der Waals surface area contributed by atoms with Crippen LogP contribution in [0.25, 0.3) is 0 Å². The third kappa shape index (κ3) is 1.94. The van der Waals surface area contributed by atoms with Crippen LogP contribution in [0.5, 0.6) is 0 Å². The van der Waals surface area contributed by atoms with E-state index in [-0.39, 0.29) is 0 Å². The smallest absolute Gasteiger partial charge is 0.0506 e. The fraction of sp³-hybridized carbons (Fsp3) is 1.00. The van der Waals surface area contributed by atoms with Crippen molar-refractivity contribution in [2.75, 3.05) is 32.8 Å². The van der Waals surface area contributed by atoms with Crippen LogP contribution in [0.3, 0.4) is 0 Å². The van der Waals surface area contributed by atoms with Crippen molar-refractivity contribution in [2.45, 2.75) is 25.7 Å². The first kappa shape index (κ1) is 7.56. The Morgan fingerprint density at radius 2 is 1.09 bits per heavy atom. The molecule has 2 unspecified atom stereocenters. The molecule has 2 fully saturated rings. The van der Waals surface area contributed by atoms with Gasteiger partial charge in [0, 0.05) is 13.1 Å². The predicted molar refractivity (Wildman–Crippen MR) is 46.5 cm³/mol. The monoisotopic (exact) mass is 154 g/mol. The molecule has 2 saturated heterocycles. The highest BCUT2D eigenvalue weighted by Crippen LogP contribution is 2.12. The molecule has 0 aliphatic carbocycles. The summed E-state index contributed by atoms with van der Waals surface area (Å²) in [6.07, 6.45) is 5.68. The van der Waals surface area contributed by atoms with Crippen LogP contribution >= 0.6 is 0 Å². The zero-order valence-corrected chi connectivity index (χ0v) is 7.26. The molecule has 2 aliphatic rings. The van der Waals surface area contributed by atoms with Crippen LogP contribution in [0.15, 0.2) is 0 Å². The summed E-state index contributed by atoms with van der Waals surface area (Å²) in [5.41, 5.74) is 0. The molecule has 11 heavy (non-hydrogen) atoms. The molecule has 64 valence electrons. The molecule has 2 heterocycles. The van der Waals surface area contributed by atoms with Gasteiger partial charge < -0.3 is 0 Å². The van der Waals surface area contributed by atoms with E-state index in [2.05, 4.69) is 9.80 Å². The molecule has 0 N–H and O–H groups in total. The summed E-state index contributed by atoms with van der Waals surface area (Å²) < 4.78 is 0. The Bertz CT molecular complexity index is 113. The molecule has 2 aliphatic heterocycles. The van der Waals surface area contributed by atoms with E-state index >= 15 is 0 Å². The molecule has 0 aromatic rings. The highest BCUT2D eigenvalue weighted by molar-refractivity contribution is 4.70. The van der Waals surface area contributed by atoms with Gasteiger partial charge in [0.25, 0.3) is 0 Å². The Hall–Kier alpha value is -0.0800. The third-order valence-corrected chi connectivity index (χ3v) is 2.80. The van der Waals surface area contributed by atoms with Crippen molar-refractivity contribution in [1.29, 1.82) is 0 Å². The lowest BCUT2D eigenvalue weighted by atomic mass is 10.1. The summed E-state index contributed by atoms with van der Waals surface area (Å²) >= 11 is 0. The number of rotatable bonds is 0. The van der Waals surface area contributed by atoms with Gasteiger partial charge in [-0.25, -0.2) is 0 Å². The highest BCUT2D eigenvalue weighted by Gasteiger charge is 2.17. The van der Waals surface area contributed by atoms with Crippen LogP contribution in [-0.2, 0) is 0 Å². The Morgan fingerprint density at radius 3 is 1.73 bits per heavy atom. The molecule has 2 heteroatoms. The Morgan fingerprint density at radius 1 is 0.545 bits per heavy atom. The van der Waals surface area contributed by atoms with E-state index < -0.39 is 0 Å². The topological polar surface area (TPSA) is 6.48 Å². The Kier molecular flexibility index (Phi) is 2.44. The van der Waals surface area contributed by atoms with Gasteiger partial charge in [0.05, 0.1) is 6.67 Å². The SMILES string of the molecule is C1CCN2CCCN(CC1)C2. The highest BCUT2D eigenvalue weighted by atomic mass is 15.3. The van der Waals surface area contributed by atoms with Gasteiger partial charge in [-0.2, -0.15) is 0 Å². The van der Waals surface area contributed by atoms with Gasteiger partial charge in [0.1, 0.15) is 0 Å². The van der Waals surface area contributed by atoms with Crippen molar-refractivity contribution in [3.05, 3.63) is 0 Å². The first-order chi connectivity index (χ1) is 5.45. The fourth-order valence-corrected chi connectivity index (χ4v) is 2.15. The summed E-state index contributed by atoms with van der Waals surface area (Å²) in [5.74, 6) is 0. The minimum atomic E-state index is 1.25. The molecule has 2 nitrogen and oxygen atoms in total. The van der Waals surface area contributed by atoms with Crippen molar-refractivity contribution in [1.82, 2.24) is 9.80 Å². The van der Waals surface area contributed by atoms with Crippen molar-refractivity contribution in [3.8, 4) is 0 Å². The third-order valence-electron chi connectivity index (χ3n) is 2.80. The maximum absolute atomic E-state index is 2.60. The van der Waals surface area contributed by atoms with Gasteiger partial charge >= 0.3 is 0 Å². The van der Waals surface area contributed by atoms with Crippen molar-refractivity contribution in [3.63, 3.8) is 0 Å². The average Bonchev–Trinajstić information content (AvgIpc) is 2.02. The van der Waals surface area contributed by atoms with E-state index in [0.29, 0.717) is 0 Å². The van der Waals surface area contributed by atoms with Crippen molar-refractivity contribution in [2.24, 2.45) is 0 Å². The molecular weight excluding hydrogens is 136 g/mol. The number of hydrogen-bond donors (Lipinski definition) is 0. The molecule has 0 spiro atoms. The van der Waals surface area contributed by atoms with E-state index in [9.17, 15) is 0 Å². The van der Waals surface area contributed by atoms with Crippen LogP contribution in [-0.4, -0.2) is 42.6 Å². The van der Waals surface area contributed by atoms with E-state index in [0.717, 1.165) is 0 Å². The largest absolute Gasteiger partial charge is 0.290 e. The van der Waals surface area contributed by atoms with Gasteiger partial charge in [0.15, 0.2) is 0 Å². The molecule has 0 saturated carbocycles. The van der Waals surface area contributed by atoms with Gasteiger partial charge in [-0.3, -0.25) is 9.80 Å². The summed E-state index contributed by atoms with van der Waals surface area (Å²) in [5, 5.41) is 0. The number of fused-ring (bicyclic) bond motifs is 2. The maximum atomic E-state index is 2.60. The second-order valence-electron chi connectivity index (χ2n) is 3.79. The Labute approximate surface area is 69.2 Å². The van der Waals surface area contributed by atoms with Crippen LogP contribution in [0, 0.1) is 0 Å². The normalized spacial score (nSPS) is 39.3. The zero-order valence-electron chi connectivity index (χ0n) is 7.26. The standard InChI is InChI=1S/C9H18N2/c1-2-5-10-7-4-8-11(9-10)6-3-1/h1-9H2. The molecule has 2 bridgehead atoms.